The number of ether oxygens (including phenoxy) is 1. The van der Waals surface area contributed by atoms with Crippen LogP contribution in [0.4, 0.5) is 0 Å². The van der Waals surface area contributed by atoms with Gasteiger partial charge in [0.05, 0.1) is 5.60 Å². The van der Waals surface area contributed by atoms with Gasteiger partial charge in [-0.25, -0.2) is 0 Å². The highest BCUT2D eigenvalue weighted by Gasteiger charge is 2.42. The molecule has 0 bridgehead atoms. The number of nitrogens with zero attached hydrogens (tertiary/aromatic N) is 2. The van der Waals surface area contributed by atoms with Crippen LogP contribution in [0, 0.1) is 0 Å². The Morgan fingerprint density at radius 1 is 1.47 bits per heavy atom. The molecule has 0 amide bonds. The molecule has 1 aromatic heterocycles. The van der Waals surface area contributed by atoms with Crippen LogP contribution < -0.4 is 5.32 Å². The van der Waals surface area contributed by atoms with E-state index in [0.29, 0.717) is 11.9 Å². The van der Waals surface area contributed by atoms with Gasteiger partial charge in [0, 0.05) is 25.6 Å². The summed E-state index contributed by atoms with van der Waals surface area (Å²) >= 11 is 0. The van der Waals surface area contributed by atoms with Crippen LogP contribution in [0.1, 0.15) is 38.0 Å². The first kappa shape index (κ1) is 11.2. The van der Waals surface area contributed by atoms with Crippen molar-refractivity contribution in [2.24, 2.45) is 0 Å². The smallest absolute Gasteiger partial charge is 0.227 e. The maximum absolute atomic E-state index is 5.90. The van der Waals surface area contributed by atoms with Crippen molar-refractivity contribution in [3.8, 4) is 0 Å². The molecule has 3 rings (SSSR count). The number of hydrogen-bond donors (Lipinski definition) is 1. The molecule has 1 unspecified atom stereocenters. The molecule has 1 N–H and O–H groups in total. The van der Waals surface area contributed by atoms with E-state index in [-0.39, 0.29) is 5.60 Å². The maximum atomic E-state index is 5.90. The van der Waals surface area contributed by atoms with E-state index in [1.807, 2.05) is 0 Å². The van der Waals surface area contributed by atoms with E-state index < -0.39 is 0 Å². The highest BCUT2D eigenvalue weighted by Crippen LogP contribution is 2.42. The van der Waals surface area contributed by atoms with Crippen LogP contribution in [0.2, 0.25) is 0 Å². The second-order valence-corrected chi connectivity index (χ2v) is 5.11. The van der Waals surface area contributed by atoms with Crippen LogP contribution >= 0.6 is 0 Å². The fourth-order valence-corrected chi connectivity index (χ4v) is 2.81. The Kier molecular flexibility index (Phi) is 3.11. The average molecular weight is 237 g/mol. The first-order valence-corrected chi connectivity index (χ1v) is 6.49. The molecule has 1 spiro atoms. The fourth-order valence-electron chi connectivity index (χ4n) is 2.81. The molecule has 2 fully saturated rings. The van der Waals surface area contributed by atoms with Gasteiger partial charge in [-0.2, -0.15) is 4.98 Å². The summed E-state index contributed by atoms with van der Waals surface area (Å²) in [4.78, 5) is 4.01. The van der Waals surface area contributed by atoms with Crippen molar-refractivity contribution in [3.63, 3.8) is 0 Å². The minimum Gasteiger partial charge on any atom is -0.375 e. The highest BCUT2D eigenvalue weighted by atomic mass is 16.5. The molecule has 94 valence electrons. The molecule has 5 heteroatoms. The lowest BCUT2D eigenvalue weighted by Crippen LogP contribution is -2.51. The van der Waals surface area contributed by atoms with Gasteiger partial charge in [-0.05, 0) is 32.1 Å². The van der Waals surface area contributed by atoms with E-state index in [1.54, 1.807) is 0 Å². The zero-order valence-corrected chi connectivity index (χ0v) is 10.0. The quantitative estimate of drug-likeness (QED) is 0.855. The van der Waals surface area contributed by atoms with Gasteiger partial charge in [0.15, 0.2) is 6.33 Å². The summed E-state index contributed by atoms with van der Waals surface area (Å²) in [5.41, 5.74) is 0.223. The van der Waals surface area contributed by atoms with E-state index in [9.17, 15) is 0 Å². The molecule has 1 saturated carbocycles. The second-order valence-electron chi connectivity index (χ2n) is 5.11. The molecule has 1 aromatic rings. The van der Waals surface area contributed by atoms with Gasteiger partial charge in [-0.3, -0.25) is 0 Å². The molecule has 0 aromatic carbocycles. The summed E-state index contributed by atoms with van der Waals surface area (Å²) < 4.78 is 10.9. The Morgan fingerprint density at radius 2 is 2.41 bits per heavy atom. The number of rotatable bonds is 4. The Labute approximate surface area is 101 Å². The van der Waals surface area contributed by atoms with Crippen molar-refractivity contribution in [1.82, 2.24) is 15.5 Å². The molecule has 1 aliphatic heterocycles. The minimum absolute atomic E-state index is 0.223. The zero-order valence-electron chi connectivity index (χ0n) is 10.0. The van der Waals surface area contributed by atoms with Crippen molar-refractivity contribution < 1.29 is 9.26 Å². The molecular formula is C12H19N3O2. The lowest BCUT2D eigenvalue weighted by atomic mass is 9.74. The maximum Gasteiger partial charge on any atom is 0.227 e. The molecule has 1 atom stereocenters. The molecule has 2 aliphatic rings. The van der Waals surface area contributed by atoms with Crippen molar-refractivity contribution in [2.75, 3.05) is 13.2 Å². The van der Waals surface area contributed by atoms with Gasteiger partial charge in [0.2, 0.25) is 5.89 Å². The Hall–Kier alpha value is -0.940. The number of aromatic nitrogens is 2. The first-order chi connectivity index (χ1) is 8.36. The van der Waals surface area contributed by atoms with Gasteiger partial charge in [-0.1, -0.05) is 5.16 Å². The third kappa shape index (κ3) is 2.50. The molecule has 17 heavy (non-hydrogen) atoms. The van der Waals surface area contributed by atoms with Crippen molar-refractivity contribution in [1.29, 1.82) is 0 Å². The van der Waals surface area contributed by atoms with Gasteiger partial charge in [-0.15, -0.1) is 0 Å². The standard InChI is InChI=1S/C12H19N3O2/c1-4-12(5-1)8-10(3-7-16-12)13-6-2-11-14-9-15-17-11/h9-10,13H,1-8H2. The van der Waals surface area contributed by atoms with Crippen LogP contribution in [0.25, 0.3) is 0 Å². The molecule has 1 saturated heterocycles. The summed E-state index contributed by atoms with van der Waals surface area (Å²) in [6, 6.07) is 0.590. The first-order valence-electron chi connectivity index (χ1n) is 6.49. The summed E-state index contributed by atoms with van der Waals surface area (Å²) in [5, 5.41) is 7.17. The van der Waals surface area contributed by atoms with E-state index in [4.69, 9.17) is 9.26 Å². The molecule has 5 nitrogen and oxygen atoms in total. The molecule has 0 radical (unpaired) electrons. The number of hydrogen-bond acceptors (Lipinski definition) is 5. The minimum atomic E-state index is 0.223. The zero-order chi connectivity index (χ0) is 11.6. The predicted octanol–water partition coefficient (Wildman–Crippen LogP) is 1.30. The van der Waals surface area contributed by atoms with Gasteiger partial charge >= 0.3 is 0 Å². The molecular weight excluding hydrogens is 218 g/mol. The monoisotopic (exact) mass is 237 g/mol. The third-order valence-electron chi connectivity index (χ3n) is 3.94. The summed E-state index contributed by atoms with van der Waals surface area (Å²) in [6.45, 7) is 1.81. The Balaban J connectivity index is 1.42. The second kappa shape index (κ2) is 4.74. The molecule has 1 aliphatic carbocycles. The lowest BCUT2D eigenvalue weighted by molar-refractivity contribution is -0.135. The van der Waals surface area contributed by atoms with Crippen molar-refractivity contribution in [2.45, 2.75) is 50.2 Å². The van der Waals surface area contributed by atoms with E-state index in [1.165, 1.54) is 25.6 Å². The molecule has 2 heterocycles. The van der Waals surface area contributed by atoms with Gasteiger partial charge in [0.1, 0.15) is 0 Å². The van der Waals surface area contributed by atoms with E-state index in [0.717, 1.165) is 32.4 Å². The van der Waals surface area contributed by atoms with Crippen molar-refractivity contribution in [3.05, 3.63) is 12.2 Å². The van der Waals surface area contributed by atoms with Crippen molar-refractivity contribution >= 4 is 0 Å². The van der Waals surface area contributed by atoms with Crippen LogP contribution in [0.5, 0.6) is 0 Å². The SMILES string of the molecule is c1noc(CCNC2CCOC3(CCC3)C2)n1. The van der Waals surface area contributed by atoms with Gasteiger partial charge < -0.3 is 14.6 Å². The fraction of sp³-hybridized carbons (Fsp3) is 0.833. The predicted molar refractivity (Wildman–Crippen MR) is 61.6 cm³/mol. The number of nitrogens with one attached hydrogen (secondary N) is 1. The lowest BCUT2D eigenvalue weighted by Gasteiger charge is -2.47. The summed E-state index contributed by atoms with van der Waals surface area (Å²) in [5.74, 6) is 0.711. The van der Waals surface area contributed by atoms with E-state index in [2.05, 4.69) is 15.5 Å². The van der Waals surface area contributed by atoms with Crippen LogP contribution in [-0.4, -0.2) is 34.9 Å². The summed E-state index contributed by atoms with van der Waals surface area (Å²) in [7, 11) is 0. The third-order valence-corrected chi connectivity index (χ3v) is 3.94. The Morgan fingerprint density at radius 3 is 3.12 bits per heavy atom. The Bertz CT molecular complexity index is 349. The summed E-state index contributed by atoms with van der Waals surface area (Å²) in [6.07, 6.45) is 8.36. The van der Waals surface area contributed by atoms with E-state index >= 15 is 0 Å². The van der Waals surface area contributed by atoms with Crippen LogP contribution in [0.15, 0.2) is 10.9 Å². The highest BCUT2D eigenvalue weighted by molar-refractivity contribution is 4.96. The average Bonchev–Trinajstić information content (AvgIpc) is 2.80. The van der Waals surface area contributed by atoms with Gasteiger partial charge in [0.25, 0.3) is 0 Å². The topological polar surface area (TPSA) is 60.2 Å². The largest absolute Gasteiger partial charge is 0.375 e. The normalized spacial score (nSPS) is 26.9. The van der Waals surface area contributed by atoms with Crippen LogP contribution in [0.3, 0.4) is 0 Å². The van der Waals surface area contributed by atoms with Crippen LogP contribution in [-0.2, 0) is 11.2 Å².